The lowest BCUT2D eigenvalue weighted by Crippen LogP contribution is -2.40. The highest BCUT2D eigenvalue weighted by atomic mass is 16.5. The second-order valence-corrected chi connectivity index (χ2v) is 8.54. The van der Waals surface area contributed by atoms with Crippen LogP contribution in [0.15, 0.2) is 18.2 Å². The summed E-state index contributed by atoms with van der Waals surface area (Å²) in [5.74, 6) is 0.492. The molecular formula is C23H37NO3. The monoisotopic (exact) mass is 375 g/mol. The van der Waals surface area contributed by atoms with Crippen molar-refractivity contribution in [3.63, 3.8) is 0 Å². The van der Waals surface area contributed by atoms with Gasteiger partial charge >= 0.3 is 0 Å². The molecule has 2 aliphatic rings. The van der Waals surface area contributed by atoms with Gasteiger partial charge in [-0.2, -0.15) is 0 Å². The zero-order valence-electron chi connectivity index (χ0n) is 16.9. The summed E-state index contributed by atoms with van der Waals surface area (Å²) in [5, 5.41) is 9.51. The van der Waals surface area contributed by atoms with E-state index in [0.717, 1.165) is 51.6 Å². The highest BCUT2D eigenvalue weighted by Crippen LogP contribution is 2.40. The van der Waals surface area contributed by atoms with Crippen LogP contribution in [0.25, 0.3) is 0 Å². The van der Waals surface area contributed by atoms with Crippen molar-refractivity contribution in [1.82, 2.24) is 0 Å². The van der Waals surface area contributed by atoms with Gasteiger partial charge in [0.1, 0.15) is 0 Å². The summed E-state index contributed by atoms with van der Waals surface area (Å²) in [6, 6.07) is 6.94. The maximum Gasteiger partial charge on any atom is 0.0704 e. The van der Waals surface area contributed by atoms with Gasteiger partial charge in [0.2, 0.25) is 0 Å². The molecule has 0 aliphatic heterocycles. The van der Waals surface area contributed by atoms with E-state index in [1.807, 2.05) is 0 Å². The van der Waals surface area contributed by atoms with Crippen LogP contribution in [0.3, 0.4) is 0 Å². The number of hydrogen-bond acceptors (Lipinski definition) is 4. The highest BCUT2D eigenvalue weighted by Gasteiger charge is 2.36. The lowest BCUT2D eigenvalue weighted by molar-refractivity contribution is -0.00106. The number of rotatable bonds is 10. The van der Waals surface area contributed by atoms with Gasteiger partial charge < -0.3 is 20.3 Å². The van der Waals surface area contributed by atoms with Gasteiger partial charge in [-0.1, -0.05) is 38.0 Å². The molecule has 1 saturated carbocycles. The average molecular weight is 376 g/mol. The first-order chi connectivity index (χ1) is 13.1. The number of fused-ring (bicyclic) bond motifs is 1. The normalized spacial score (nSPS) is 27.7. The standard InChI is InChI=1S/C23H37NO3/c1-2-3-4-11-26-12-13-27-22-8-7-18-14-19(5-6-20(18)15-22)21-9-10-23(24,16-21)17-25/h5-6,14,21-22,25H,2-4,7-13,15-17,24H2,1H3/t21-,22?,23+/m0/s1. The minimum atomic E-state index is -0.377. The average Bonchev–Trinajstić information content (AvgIpc) is 3.10. The molecule has 3 atom stereocenters. The summed E-state index contributed by atoms with van der Waals surface area (Å²) in [5.41, 5.74) is 10.2. The molecule has 0 amide bonds. The summed E-state index contributed by atoms with van der Waals surface area (Å²) in [6.45, 7) is 4.57. The van der Waals surface area contributed by atoms with E-state index in [1.165, 1.54) is 29.5 Å². The SMILES string of the molecule is CCCCCOCCOC1CCc2cc([C@H]3CC[C@](N)(CO)C3)ccc2C1. The number of ether oxygens (including phenoxy) is 2. The van der Waals surface area contributed by atoms with Crippen molar-refractivity contribution in [2.24, 2.45) is 5.73 Å². The summed E-state index contributed by atoms with van der Waals surface area (Å²) in [4.78, 5) is 0. The summed E-state index contributed by atoms with van der Waals surface area (Å²) in [6.07, 6.45) is 10.0. The van der Waals surface area contributed by atoms with Gasteiger partial charge in [-0.25, -0.2) is 0 Å². The summed E-state index contributed by atoms with van der Waals surface area (Å²) >= 11 is 0. The largest absolute Gasteiger partial charge is 0.394 e. The quantitative estimate of drug-likeness (QED) is 0.612. The van der Waals surface area contributed by atoms with Crippen LogP contribution < -0.4 is 5.73 Å². The molecule has 27 heavy (non-hydrogen) atoms. The van der Waals surface area contributed by atoms with Crippen molar-refractivity contribution in [2.75, 3.05) is 26.4 Å². The zero-order valence-corrected chi connectivity index (χ0v) is 16.9. The van der Waals surface area contributed by atoms with Gasteiger partial charge in [-0.3, -0.25) is 0 Å². The molecule has 0 heterocycles. The fraction of sp³-hybridized carbons (Fsp3) is 0.739. The fourth-order valence-corrected chi connectivity index (χ4v) is 4.55. The molecule has 0 bridgehead atoms. The van der Waals surface area contributed by atoms with Gasteiger partial charge in [-0.05, 0) is 67.6 Å². The lowest BCUT2D eigenvalue weighted by Gasteiger charge is -2.26. The van der Waals surface area contributed by atoms with Gasteiger partial charge in [0.25, 0.3) is 0 Å². The Morgan fingerprint density at radius 1 is 1.15 bits per heavy atom. The Morgan fingerprint density at radius 2 is 2.04 bits per heavy atom. The van der Waals surface area contributed by atoms with Crippen molar-refractivity contribution in [1.29, 1.82) is 0 Å². The molecule has 1 unspecified atom stereocenters. The molecule has 0 spiro atoms. The Morgan fingerprint density at radius 3 is 2.81 bits per heavy atom. The van der Waals surface area contributed by atoms with Crippen LogP contribution in [0, 0.1) is 0 Å². The lowest BCUT2D eigenvalue weighted by atomic mass is 9.85. The maximum atomic E-state index is 9.51. The molecule has 2 aliphatic carbocycles. The van der Waals surface area contributed by atoms with Crippen LogP contribution in [-0.4, -0.2) is 43.2 Å². The third-order valence-electron chi connectivity index (χ3n) is 6.32. The van der Waals surface area contributed by atoms with Crippen molar-refractivity contribution in [2.45, 2.75) is 82.3 Å². The number of benzene rings is 1. The Kier molecular flexibility index (Phi) is 7.71. The molecule has 152 valence electrons. The predicted molar refractivity (Wildman–Crippen MR) is 109 cm³/mol. The number of unbranched alkanes of at least 4 members (excludes halogenated alkanes) is 2. The van der Waals surface area contributed by atoms with Crippen molar-refractivity contribution >= 4 is 0 Å². The van der Waals surface area contributed by atoms with E-state index in [-0.39, 0.29) is 12.1 Å². The third kappa shape index (κ3) is 5.77. The molecule has 0 saturated heterocycles. The van der Waals surface area contributed by atoms with Crippen molar-refractivity contribution in [3.05, 3.63) is 34.9 Å². The molecule has 1 aromatic carbocycles. The van der Waals surface area contributed by atoms with E-state index in [2.05, 4.69) is 25.1 Å². The fourth-order valence-electron chi connectivity index (χ4n) is 4.55. The smallest absolute Gasteiger partial charge is 0.0704 e. The molecule has 4 heteroatoms. The minimum absolute atomic E-state index is 0.0930. The molecule has 0 aromatic heterocycles. The molecule has 4 nitrogen and oxygen atoms in total. The van der Waals surface area contributed by atoms with Gasteiger partial charge in [0, 0.05) is 12.1 Å². The summed E-state index contributed by atoms with van der Waals surface area (Å²) in [7, 11) is 0. The number of aryl methyl sites for hydroxylation is 1. The predicted octanol–water partition coefficient (Wildman–Crippen LogP) is 3.72. The van der Waals surface area contributed by atoms with Crippen molar-refractivity contribution in [3.8, 4) is 0 Å². The second-order valence-electron chi connectivity index (χ2n) is 8.54. The molecule has 1 fully saturated rings. The molecular weight excluding hydrogens is 338 g/mol. The van der Waals surface area contributed by atoms with Crippen molar-refractivity contribution < 1.29 is 14.6 Å². The first kappa shape index (κ1) is 20.8. The second kappa shape index (κ2) is 10.0. The van der Waals surface area contributed by atoms with E-state index in [0.29, 0.717) is 25.2 Å². The third-order valence-corrected chi connectivity index (χ3v) is 6.32. The van der Waals surface area contributed by atoms with Crippen LogP contribution in [0.1, 0.15) is 74.5 Å². The van der Waals surface area contributed by atoms with E-state index >= 15 is 0 Å². The Balaban J connectivity index is 1.44. The van der Waals surface area contributed by atoms with E-state index in [1.54, 1.807) is 0 Å². The van der Waals surface area contributed by atoms with E-state index < -0.39 is 0 Å². The molecule has 3 N–H and O–H groups in total. The number of hydrogen-bond donors (Lipinski definition) is 2. The first-order valence-electron chi connectivity index (χ1n) is 10.8. The van der Waals surface area contributed by atoms with Gasteiger partial charge in [-0.15, -0.1) is 0 Å². The van der Waals surface area contributed by atoms with Gasteiger partial charge in [0.15, 0.2) is 0 Å². The summed E-state index contributed by atoms with van der Waals surface area (Å²) < 4.78 is 11.7. The van der Waals surface area contributed by atoms with E-state index in [9.17, 15) is 5.11 Å². The van der Waals surface area contributed by atoms with Crippen LogP contribution in [-0.2, 0) is 22.3 Å². The Labute approximate surface area is 164 Å². The highest BCUT2D eigenvalue weighted by molar-refractivity contribution is 5.36. The van der Waals surface area contributed by atoms with Gasteiger partial charge in [0.05, 0.1) is 25.9 Å². The topological polar surface area (TPSA) is 64.7 Å². The number of aliphatic hydroxyl groups is 1. The van der Waals surface area contributed by atoms with Crippen LogP contribution in [0.2, 0.25) is 0 Å². The minimum Gasteiger partial charge on any atom is -0.394 e. The van der Waals surface area contributed by atoms with Crippen LogP contribution in [0.4, 0.5) is 0 Å². The molecule has 0 radical (unpaired) electrons. The Bertz CT molecular complexity index is 591. The number of nitrogens with two attached hydrogens (primary N) is 1. The number of aliphatic hydroxyl groups excluding tert-OH is 1. The maximum absolute atomic E-state index is 9.51. The molecule has 3 rings (SSSR count). The Hall–Kier alpha value is -0.940. The zero-order chi connectivity index (χ0) is 19.1. The first-order valence-corrected chi connectivity index (χ1v) is 10.8. The molecule has 1 aromatic rings. The van der Waals surface area contributed by atoms with Crippen LogP contribution >= 0.6 is 0 Å². The van der Waals surface area contributed by atoms with E-state index in [4.69, 9.17) is 15.2 Å². The van der Waals surface area contributed by atoms with Crippen LogP contribution in [0.5, 0.6) is 0 Å².